The highest BCUT2D eigenvalue weighted by Crippen LogP contribution is 2.26. The molecule has 0 bridgehead atoms. The van der Waals surface area contributed by atoms with Crippen LogP contribution in [0.3, 0.4) is 0 Å². The van der Waals surface area contributed by atoms with Gasteiger partial charge in [0.15, 0.2) is 0 Å². The molecule has 0 unspecified atom stereocenters. The van der Waals surface area contributed by atoms with Crippen LogP contribution in [0.15, 0.2) is 82.8 Å². The van der Waals surface area contributed by atoms with Crippen LogP contribution >= 0.6 is 0 Å². The standard InChI is InChI=1S/C32H32N2/c1-21-15-23(3)31(24(4)16-21)19-33-29-11-7-27(8-12-29)28-9-13-30(14-10-28)34-20-32-25(5)17-22(2)18-26(32)6/h7-20H,1-6H3. The molecule has 0 atom stereocenters. The zero-order valence-electron chi connectivity index (χ0n) is 21.0. The van der Waals surface area contributed by atoms with E-state index >= 15 is 0 Å². The fourth-order valence-corrected chi connectivity index (χ4v) is 4.55. The van der Waals surface area contributed by atoms with E-state index in [4.69, 9.17) is 9.98 Å². The van der Waals surface area contributed by atoms with Crippen LogP contribution in [0.4, 0.5) is 11.4 Å². The summed E-state index contributed by atoms with van der Waals surface area (Å²) in [6, 6.07) is 25.6. The summed E-state index contributed by atoms with van der Waals surface area (Å²) in [5, 5.41) is 0. The molecule has 4 rings (SSSR count). The van der Waals surface area contributed by atoms with Gasteiger partial charge in [-0.15, -0.1) is 0 Å². The van der Waals surface area contributed by atoms with Crippen molar-refractivity contribution in [2.24, 2.45) is 9.98 Å². The predicted molar refractivity (Wildman–Crippen MR) is 148 cm³/mol. The van der Waals surface area contributed by atoms with Crippen molar-refractivity contribution >= 4 is 23.8 Å². The van der Waals surface area contributed by atoms with Gasteiger partial charge in [-0.1, -0.05) is 59.7 Å². The van der Waals surface area contributed by atoms with Gasteiger partial charge in [0.2, 0.25) is 0 Å². The third-order valence-electron chi connectivity index (χ3n) is 6.23. The molecule has 2 nitrogen and oxygen atoms in total. The van der Waals surface area contributed by atoms with Crippen molar-refractivity contribution in [1.82, 2.24) is 0 Å². The molecule has 0 spiro atoms. The summed E-state index contributed by atoms with van der Waals surface area (Å²) in [5.41, 5.74) is 14.2. The molecule has 0 saturated heterocycles. The molecule has 0 saturated carbocycles. The number of aliphatic imine (C=N–C) groups is 2. The summed E-state index contributed by atoms with van der Waals surface area (Å²) in [5.74, 6) is 0. The lowest BCUT2D eigenvalue weighted by Crippen LogP contribution is -1.93. The summed E-state index contributed by atoms with van der Waals surface area (Å²) >= 11 is 0. The number of benzene rings is 4. The van der Waals surface area contributed by atoms with Gasteiger partial charge in [0.1, 0.15) is 0 Å². The fraction of sp³-hybridized carbons (Fsp3) is 0.188. The molecular formula is C32H32N2. The van der Waals surface area contributed by atoms with Gasteiger partial charge in [0.25, 0.3) is 0 Å². The van der Waals surface area contributed by atoms with Gasteiger partial charge >= 0.3 is 0 Å². The molecule has 0 N–H and O–H groups in total. The summed E-state index contributed by atoms with van der Waals surface area (Å²) < 4.78 is 0. The fourth-order valence-electron chi connectivity index (χ4n) is 4.55. The van der Waals surface area contributed by atoms with Crippen molar-refractivity contribution in [3.63, 3.8) is 0 Å². The normalized spacial score (nSPS) is 11.6. The van der Waals surface area contributed by atoms with Crippen molar-refractivity contribution in [2.45, 2.75) is 41.5 Å². The van der Waals surface area contributed by atoms with Crippen LogP contribution in [-0.2, 0) is 0 Å². The summed E-state index contributed by atoms with van der Waals surface area (Å²) in [6.45, 7) is 12.8. The van der Waals surface area contributed by atoms with Crippen molar-refractivity contribution < 1.29 is 0 Å². The Kier molecular flexibility index (Phi) is 6.88. The van der Waals surface area contributed by atoms with E-state index in [0.717, 1.165) is 11.4 Å². The van der Waals surface area contributed by atoms with E-state index in [0.29, 0.717) is 0 Å². The van der Waals surface area contributed by atoms with Crippen LogP contribution in [-0.4, -0.2) is 12.4 Å². The molecule has 34 heavy (non-hydrogen) atoms. The van der Waals surface area contributed by atoms with E-state index in [1.165, 1.54) is 55.6 Å². The maximum atomic E-state index is 4.71. The Morgan fingerprint density at radius 3 is 1.03 bits per heavy atom. The molecule has 170 valence electrons. The summed E-state index contributed by atoms with van der Waals surface area (Å²) in [6.07, 6.45) is 3.95. The van der Waals surface area contributed by atoms with Gasteiger partial charge in [-0.25, -0.2) is 0 Å². The quantitative estimate of drug-likeness (QED) is 0.275. The number of nitrogens with zero attached hydrogens (tertiary/aromatic N) is 2. The third kappa shape index (κ3) is 5.40. The van der Waals surface area contributed by atoms with Crippen molar-refractivity contribution in [1.29, 1.82) is 0 Å². The molecule has 0 heterocycles. The molecule has 2 heteroatoms. The van der Waals surface area contributed by atoms with E-state index in [-0.39, 0.29) is 0 Å². The van der Waals surface area contributed by atoms with Crippen molar-refractivity contribution in [3.8, 4) is 11.1 Å². The average molecular weight is 445 g/mol. The second-order valence-corrected chi connectivity index (χ2v) is 9.23. The molecule has 0 aliphatic heterocycles. The highest BCUT2D eigenvalue weighted by molar-refractivity contribution is 5.87. The van der Waals surface area contributed by atoms with Gasteiger partial charge in [-0.2, -0.15) is 0 Å². The molecule has 0 aromatic heterocycles. The Labute approximate surface area is 203 Å². The van der Waals surface area contributed by atoms with Gasteiger partial charge in [-0.3, -0.25) is 9.98 Å². The van der Waals surface area contributed by atoms with Crippen LogP contribution in [0.2, 0.25) is 0 Å². The monoisotopic (exact) mass is 444 g/mol. The second kappa shape index (κ2) is 10.0. The van der Waals surface area contributed by atoms with E-state index < -0.39 is 0 Å². The minimum absolute atomic E-state index is 0.952. The largest absolute Gasteiger partial charge is 0.256 e. The molecule has 0 amide bonds. The molecule has 0 aliphatic carbocycles. The molecule has 0 radical (unpaired) electrons. The summed E-state index contributed by atoms with van der Waals surface area (Å²) in [7, 11) is 0. The molecule has 0 fully saturated rings. The number of hydrogen-bond donors (Lipinski definition) is 0. The molecule has 4 aromatic rings. The maximum absolute atomic E-state index is 4.71. The van der Waals surface area contributed by atoms with Crippen molar-refractivity contribution in [3.05, 3.63) is 117 Å². The lowest BCUT2D eigenvalue weighted by molar-refractivity contribution is 1.30. The predicted octanol–water partition coefficient (Wildman–Crippen LogP) is 8.71. The first-order valence-corrected chi connectivity index (χ1v) is 11.7. The molecular weight excluding hydrogens is 412 g/mol. The number of rotatable bonds is 5. The minimum atomic E-state index is 0.952. The first-order valence-electron chi connectivity index (χ1n) is 11.7. The zero-order chi connectivity index (χ0) is 24.2. The molecule has 4 aromatic carbocycles. The lowest BCUT2D eigenvalue weighted by atomic mass is 10.0. The van der Waals surface area contributed by atoms with Gasteiger partial charge in [0.05, 0.1) is 11.4 Å². The molecule has 0 aliphatic rings. The van der Waals surface area contributed by atoms with E-state index in [1.807, 2.05) is 12.4 Å². The highest BCUT2D eigenvalue weighted by Gasteiger charge is 2.03. The Bertz CT molecular complexity index is 1220. The highest BCUT2D eigenvalue weighted by atomic mass is 14.7. The average Bonchev–Trinajstić information content (AvgIpc) is 2.78. The van der Waals surface area contributed by atoms with Crippen LogP contribution < -0.4 is 0 Å². The first-order chi connectivity index (χ1) is 16.3. The van der Waals surface area contributed by atoms with Gasteiger partial charge in [-0.05, 0) is 110 Å². The van der Waals surface area contributed by atoms with Crippen LogP contribution in [0.25, 0.3) is 11.1 Å². The third-order valence-corrected chi connectivity index (χ3v) is 6.23. The Morgan fingerprint density at radius 2 is 0.735 bits per heavy atom. The summed E-state index contributed by atoms with van der Waals surface area (Å²) in [4.78, 5) is 9.41. The van der Waals surface area contributed by atoms with Gasteiger partial charge in [0, 0.05) is 12.4 Å². The van der Waals surface area contributed by atoms with E-state index in [9.17, 15) is 0 Å². The topological polar surface area (TPSA) is 24.7 Å². The van der Waals surface area contributed by atoms with Crippen LogP contribution in [0.5, 0.6) is 0 Å². The number of aryl methyl sites for hydroxylation is 6. The SMILES string of the molecule is Cc1cc(C)c(C=Nc2ccc(-c3ccc(N=Cc4c(C)cc(C)cc4C)cc3)cc2)c(C)c1. The number of hydrogen-bond acceptors (Lipinski definition) is 2. The second-order valence-electron chi connectivity index (χ2n) is 9.23. The first kappa shape index (κ1) is 23.4. The van der Waals surface area contributed by atoms with Crippen molar-refractivity contribution in [2.75, 3.05) is 0 Å². The minimum Gasteiger partial charge on any atom is -0.256 e. The Hall–Kier alpha value is -3.78. The lowest BCUT2D eigenvalue weighted by Gasteiger charge is -2.07. The van der Waals surface area contributed by atoms with E-state index in [1.54, 1.807) is 0 Å². The maximum Gasteiger partial charge on any atom is 0.0630 e. The Balaban J connectivity index is 1.48. The zero-order valence-corrected chi connectivity index (χ0v) is 21.0. The van der Waals surface area contributed by atoms with Crippen LogP contribution in [0, 0.1) is 41.5 Å². The Morgan fingerprint density at radius 1 is 0.441 bits per heavy atom. The van der Waals surface area contributed by atoms with Crippen LogP contribution in [0.1, 0.15) is 44.5 Å². The smallest absolute Gasteiger partial charge is 0.0630 e. The van der Waals surface area contributed by atoms with E-state index in [2.05, 4.69) is 114 Å². The van der Waals surface area contributed by atoms with Gasteiger partial charge < -0.3 is 0 Å².